The molecule has 0 radical (unpaired) electrons. The average molecular weight is 373 g/mol. The molecule has 1 N–H and O–H groups in total. The maximum absolute atomic E-state index is 10.9. The van der Waals surface area contributed by atoms with Gasteiger partial charge in [0, 0.05) is 0 Å². The van der Waals surface area contributed by atoms with E-state index in [9.17, 15) is 4.79 Å². The summed E-state index contributed by atoms with van der Waals surface area (Å²) in [5, 5.41) is 12.9. The van der Waals surface area contributed by atoms with Crippen LogP contribution in [0.5, 0.6) is 5.75 Å². The van der Waals surface area contributed by atoms with E-state index in [1.54, 1.807) is 13.0 Å². The summed E-state index contributed by atoms with van der Waals surface area (Å²) in [6, 6.07) is 5.59. The molecule has 1 unspecified atom stereocenters. The zero-order valence-electron chi connectivity index (χ0n) is 17.0. The number of oxime groups is 1. The largest absolute Gasteiger partial charge is 0.486 e. The van der Waals surface area contributed by atoms with Crippen molar-refractivity contribution in [3.63, 3.8) is 0 Å². The summed E-state index contributed by atoms with van der Waals surface area (Å²) in [5.74, 6) is -0.128. The second kappa shape index (κ2) is 13.4. The van der Waals surface area contributed by atoms with Crippen LogP contribution >= 0.6 is 0 Å². The van der Waals surface area contributed by atoms with Crippen LogP contribution < -0.4 is 4.74 Å². The number of hydrogen-bond acceptors (Lipinski definition) is 4. The van der Waals surface area contributed by atoms with Gasteiger partial charge < -0.3 is 14.7 Å². The van der Waals surface area contributed by atoms with Crippen LogP contribution in [0.3, 0.4) is 0 Å². The lowest BCUT2D eigenvalue weighted by Gasteiger charge is -2.12. The molecule has 0 saturated carbocycles. The quantitative estimate of drug-likeness (QED) is 0.276. The minimum atomic E-state index is -0.794. The number of rotatable bonds is 9. The van der Waals surface area contributed by atoms with Crippen molar-refractivity contribution >= 4 is 11.7 Å². The van der Waals surface area contributed by atoms with Crippen molar-refractivity contribution in [2.75, 3.05) is 6.61 Å². The summed E-state index contributed by atoms with van der Waals surface area (Å²) in [6.45, 7) is 16.6. The lowest BCUT2D eigenvalue weighted by molar-refractivity contribution is -0.141. The first-order valence-corrected chi connectivity index (χ1v) is 8.79. The summed E-state index contributed by atoms with van der Waals surface area (Å²) in [6.07, 6.45) is 5.95. The van der Waals surface area contributed by atoms with E-state index in [0.717, 1.165) is 16.8 Å². The number of ether oxygens (including phenoxy) is 1. The third kappa shape index (κ3) is 10.7. The van der Waals surface area contributed by atoms with Crippen molar-refractivity contribution in [2.45, 2.75) is 41.0 Å². The molecular formula is C22H31NO4. The fourth-order valence-corrected chi connectivity index (χ4v) is 2.00. The predicted molar refractivity (Wildman–Crippen MR) is 111 cm³/mol. The van der Waals surface area contributed by atoms with E-state index < -0.39 is 11.9 Å². The molecule has 0 aromatic heterocycles. The van der Waals surface area contributed by atoms with Crippen LogP contribution in [0, 0.1) is 12.8 Å². The lowest BCUT2D eigenvalue weighted by Crippen LogP contribution is -2.13. The van der Waals surface area contributed by atoms with E-state index in [1.807, 2.05) is 58.0 Å². The smallest absolute Gasteiger partial charge is 0.306 e. The Kier molecular flexibility index (Phi) is 12.0. The molecule has 27 heavy (non-hydrogen) atoms. The third-order valence-corrected chi connectivity index (χ3v) is 3.39. The van der Waals surface area contributed by atoms with Gasteiger partial charge in [-0.2, -0.15) is 0 Å². The van der Waals surface area contributed by atoms with Crippen molar-refractivity contribution < 1.29 is 19.5 Å². The standard InChI is InChI=1S/C19H25NO4.C3H6/c1-6-7-15(4)20-24-16(5)12-23-18-9-8-17(13(2)11-18)10-14(3)19(21)22;1-3-2/h6-9,11,14H,5,10,12H2,1-4H3,(H,21,22);3H,1H2,2H3/b7-6+,20-15+;. The molecule has 5 heteroatoms. The highest BCUT2D eigenvalue weighted by atomic mass is 16.6. The van der Waals surface area contributed by atoms with Crippen LogP contribution in [-0.4, -0.2) is 23.4 Å². The number of benzene rings is 1. The number of allylic oxidation sites excluding steroid dienone is 3. The maximum atomic E-state index is 10.9. The minimum absolute atomic E-state index is 0.191. The van der Waals surface area contributed by atoms with Crippen LogP contribution in [0.25, 0.3) is 0 Å². The number of hydrogen-bond donors (Lipinski definition) is 1. The van der Waals surface area contributed by atoms with Crippen molar-refractivity contribution in [2.24, 2.45) is 11.1 Å². The summed E-state index contributed by atoms with van der Waals surface area (Å²) in [7, 11) is 0. The molecule has 148 valence electrons. The zero-order valence-corrected chi connectivity index (χ0v) is 17.0. The number of aliphatic carboxylic acids is 1. The normalized spacial score (nSPS) is 12.0. The van der Waals surface area contributed by atoms with E-state index >= 15 is 0 Å². The first kappa shape index (κ1) is 24.2. The van der Waals surface area contributed by atoms with E-state index in [-0.39, 0.29) is 6.61 Å². The highest BCUT2D eigenvalue weighted by Crippen LogP contribution is 2.20. The van der Waals surface area contributed by atoms with Crippen LogP contribution in [0.2, 0.25) is 0 Å². The summed E-state index contributed by atoms with van der Waals surface area (Å²) >= 11 is 0. The zero-order chi connectivity index (χ0) is 20.8. The second-order valence-corrected chi connectivity index (χ2v) is 6.09. The molecule has 0 saturated heterocycles. The molecule has 1 atom stereocenters. The highest BCUT2D eigenvalue weighted by Gasteiger charge is 2.13. The Bertz CT molecular complexity index is 690. The molecule has 0 amide bonds. The molecule has 0 fully saturated rings. The van der Waals surface area contributed by atoms with Crippen molar-refractivity contribution in [3.8, 4) is 5.75 Å². The Morgan fingerprint density at radius 2 is 2.00 bits per heavy atom. The number of carboxylic acid groups (broad SMARTS) is 1. The lowest BCUT2D eigenvalue weighted by atomic mass is 9.97. The van der Waals surface area contributed by atoms with Crippen LogP contribution in [0.4, 0.5) is 0 Å². The van der Waals surface area contributed by atoms with E-state index in [0.29, 0.717) is 17.9 Å². The van der Waals surface area contributed by atoms with Gasteiger partial charge in [0.2, 0.25) is 0 Å². The Balaban J connectivity index is 0.00000210. The van der Waals surface area contributed by atoms with Gasteiger partial charge in [-0.3, -0.25) is 4.79 Å². The Morgan fingerprint density at radius 3 is 2.52 bits per heavy atom. The molecule has 0 heterocycles. The van der Waals surface area contributed by atoms with Crippen molar-refractivity contribution in [1.82, 2.24) is 0 Å². The van der Waals surface area contributed by atoms with E-state index in [2.05, 4.69) is 18.3 Å². The van der Waals surface area contributed by atoms with Crippen LogP contribution in [0.15, 0.2) is 60.5 Å². The monoisotopic (exact) mass is 373 g/mol. The molecule has 0 spiro atoms. The van der Waals surface area contributed by atoms with Gasteiger partial charge in [0.25, 0.3) is 0 Å². The fourth-order valence-electron chi connectivity index (χ4n) is 2.00. The first-order valence-electron chi connectivity index (χ1n) is 8.79. The number of carboxylic acids is 1. The SMILES string of the molecule is C=C(COc1ccc(CC(C)C(=O)O)c(C)c1)O/N=C(C)/C=C/C.C=CC. The van der Waals surface area contributed by atoms with Gasteiger partial charge >= 0.3 is 5.97 Å². The molecule has 0 aliphatic heterocycles. The summed E-state index contributed by atoms with van der Waals surface area (Å²) in [4.78, 5) is 16.1. The van der Waals surface area contributed by atoms with Crippen molar-refractivity contribution in [3.05, 3.63) is 66.5 Å². The van der Waals surface area contributed by atoms with Gasteiger partial charge in [0.1, 0.15) is 12.4 Å². The summed E-state index contributed by atoms with van der Waals surface area (Å²) in [5.41, 5.74) is 2.74. The van der Waals surface area contributed by atoms with Gasteiger partial charge in [-0.15, -0.1) is 6.58 Å². The Labute approximate surface area is 162 Å². The van der Waals surface area contributed by atoms with E-state index in [4.69, 9.17) is 14.7 Å². The number of aryl methyl sites for hydroxylation is 1. The van der Waals surface area contributed by atoms with Gasteiger partial charge in [0.05, 0.1) is 11.6 Å². The first-order chi connectivity index (χ1) is 12.7. The van der Waals surface area contributed by atoms with Crippen molar-refractivity contribution in [1.29, 1.82) is 0 Å². The Morgan fingerprint density at radius 1 is 1.37 bits per heavy atom. The second-order valence-electron chi connectivity index (χ2n) is 6.09. The maximum Gasteiger partial charge on any atom is 0.306 e. The molecule has 1 aromatic rings. The van der Waals surface area contributed by atoms with Gasteiger partial charge in [-0.1, -0.05) is 36.9 Å². The fraction of sp³-hybridized carbons (Fsp3) is 0.364. The summed E-state index contributed by atoms with van der Waals surface area (Å²) < 4.78 is 5.62. The van der Waals surface area contributed by atoms with Crippen LogP contribution in [0.1, 0.15) is 38.8 Å². The molecule has 5 nitrogen and oxygen atoms in total. The van der Waals surface area contributed by atoms with Gasteiger partial charge in [-0.05, 0) is 63.5 Å². The molecule has 1 rings (SSSR count). The number of nitrogens with zero attached hydrogens (tertiary/aromatic N) is 1. The van der Waals surface area contributed by atoms with E-state index in [1.165, 1.54) is 0 Å². The van der Waals surface area contributed by atoms with Gasteiger partial charge in [-0.25, -0.2) is 0 Å². The molecule has 0 aliphatic carbocycles. The average Bonchev–Trinajstić information content (AvgIpc) is 2.61. The minimum Gasteiger partial charge on any atom is -0.486 e. The molecule has 0 bridgehead atoms. The highest BCUT2D eigenvalue weighted by molar-refractivity contribution is 5.92. The number of carbonyl (C=O) groups is 1. The third-order valence-electron chi connectivity index (χ3n) is 3.39. The molecular weight excluding hydrogens is 342 g/mol. The van der Waals surface area contributed by atoms with Gasteiger partial charge in [0.15, 0.2) is 5.76 Å². The topological polar surface area (TPSA) is 68.1 Å². The molecule has 0 aliphatic rings. The Hall–Kier alpha value is -2.82. The van der Waals surface area contributed by atoms with Crippen LogP contribution in [-0.2, 0) is 16.1 Å². The predicted octanol–water partition coefficient (Wildman–Crippen LogP) is 5.31. The molecule has 1 aromatic carbocycles.